The summed E-state index contributed by atoms with van der Waals surface area (Å²) in [6.07, 6.45) is 36.0. The summed E-state index contributed by atoms with van der Waals surface area (Å²) >= 11 is 1.15. The minimum atomic E-state index is -0.981. The number of carboxylic acid groups (broad SMARTS) is 1. The fourth-order valence-electron chi connectivity index (χ4n) is 10.7. The number of ether oxygens (including phenoxy) is 4. The molecule has 3 N–H and O–H groups in total. The van der Waals surface area contributed by atoms with Gasteiger partial charge in [0.05, 0.1) is 76.3 Å². The molecule has 0 spiro atoms. The number of carboxylic acids is 1. The van der Waals surface area contributed by atoms with Gasteiger partial charge in [-0.2, -0.15) is 0 Å². The van der Waals surface area contributed by atoms with Gasteiger partial charge in [-0.25, -0.2) is 14.8 Å². The Kier molecular flexibility index (Phi) is 24.7. The molecule has 4 aromatic heterocycles. The lowest BCUT2D eigenvalue weighted by Gasteiger charge is -2.18. The third kappa shape index (κ3) is 17.5. The molecule has 6 heterocycles. The minimum absolute atomic E-state index is 0.226. The topological polar surface area (TPSA) is 132 Å². The second-order valence-corrected chi connectivity index (χ2v) is 22.9. The number of unbranched alkanes of at least 4 members (excludes halogenated alkanes) is 20. The highest BCUT2D eigenvalue weighted by atomic mass is 32.1. The van der Waals surface area contributed by atoms with Crippen molar-refractivity contribution in [1.29, 1.82) is 0 Å². The van der Waals surface area contributed by atoms with Crippen LogP contribution in [0.1, 0.15) is 225 Å². The summed E-state index contributed by atoms with van der Waals surface area (Å²) in [4.78, 5) is 31.4. The highest BCUT2D eigenvalue weighted by Gasteiger charge is 2.24. The number of H-pyrrole nitrogens is 2. The molecule has 82 heavy (non-hydrogen) atoms. The molecule has 0 fully saturated rings. The first-order chi connectivity index (χ1) is 40.4. The molecule has 11 heteroatoms. The summed E-state index contributed by atoms with van der Waals surface area (Å²) in [5, 5.41) is 9.88. The number of aromatic carboxylic acids is 1. The highest BCUT2D eigenvalue weighted by molar-refractivity contribution is 7.14. The van der Waals surface area contributed by atoms with E-state index in [-0.39, 0.29) is 4.88 Å². The number of nitrogens with zero attached hydrogens (tertiary/aromatic N) is 2. The lowest BCUT2D eigenvalue weighted by atomic mass is 10.0. The van der Waals surface area contributed by atoms with Gasteiger partial charge in [0, 0.05) is 27.7 Å². The van der Waals surface area contributed by atoms with Gasteiger partial charge in [-0.15, -0.1) is 11.3 Å². The van der Waals surface area contributed by atoms with Crippen molar-refractivity contribution in [3.63, 3.8) is 0 Å². The van der Waals surface area contributed by atoms with Crippen molar-refractivity contribution in [3.8, 4) is 57.1 Å². The molecule has 10 nitrogen and oxygen atoms in total. The van der Waals surface area contributed by atoms with Crippen molar-refractivity contribution in [3.05, 3.63) is 117 Å². The predicted octanol–water partition coefficient (Wildman–Crippen LogP) is 20.1. The molecule has 2 aliphatic rings. The van der Waals surface area contributed by atoms with Crippen LogP contribution in [0.3, 0.4) is 0 Å². The average Bonchev–Trinajstić information content (AvgIpc) is 4.52. The van der Waals surface area contributed by atoms with E-state index in [0.717, 1.165) is 147 Å². The largest absolute Gasteiger partial charge is 0.493 e. The van der Waals surface area contributed by atoms with Crippen molar-refractivity contribution in [1.82, 2.24) is 19.9 Å². The quantitative estimate of drug-likeness (QED) is 0.0264. The first kappa shape index (κ1) is 61.1. The molecule has 2 aliphatic heterocycles. The van der Waals surface area contributed by atoms with E-state index in [2.05, 4.69) is 122 Å². The van der Waals surface area contributed by atoms with E-state index < -0.39 is 5.97 Å². The Morgan fingerprint density at radius 1 is 0.451 bits per heavy atom. The fourth-order valence-corrected chi connectivity index (χ4v) is 11.4. The monoisotopic (exact) mass is 1120 g/mol. The molecule has 0 atom stereocenters. The van der Waals surface area contributed by atoms with E-state index in [1.54, 1.807) is 12.1 Å². The van der Waals surface area contributed by atoms with E-state index in [0.29, 0.717) is 42.6 Å². The third-order valence-corrected chi connectivity index (χ3v) is 16.2. The molecule has 8 rings (SSSR count). The van der Waals surface area contributed by atoms with Crippen LogP contribution >= 0.6 is 11.3 Å². The summed E-state index contributed by atoms with van der Waals surface area (Å²) in [5.41, 5.74) is 10.2. The van der Waals surface area contributed by atoms with Crippen LogP contribution in [0.2, 0.25) is 0 Å². The number of rotatable bonds is 35. The molecule has 434 valence electrons. The van der Waals surface area contributed by atoms with Gasteiger partial charge in [-0.1, -0.05) is 180 Å². The van der Waals surface area contributed by atoms with E-state index in [1.807, 2.05) is 18.2 Å². The number of benzene rings is 2. The maximum absolute atomic E-state index is 12.1. The molecule has 2 aromatic carbocycles. The molecular weight excluding hydrogens is 1040 g/mol. The number of aromatic nitrogens is 4. The first-order valence-corrected chi connectivity index (χ1v) is 32.0. The average molecular weight is 1130 g/mol. The van der Waals surface area contributed by atoms with Gasteiger partial charge in [-0.05, 0) is 117 Å². The van der Waals surface area contributed by atoms with Gasteiger partial charge < -0.3 is 34.0 Å². The number of aromatic amines is 2. The Bertz CT molecular complexity index is 3140. The van der Waals surface area contributed by atoms with Crippen molar-refractivity contribution in [2.75, 3.05) is 26.4 Å². The molecule has 0 aliphatic carbocycles. The zero-order valence-corrected chi connectivity index (χ0v) is 50.2. The van der Waals surface area contributed by atoms with Crippen molar-refractivity contribution < 1.29 is 28.8 Å². The number of hydrogen-bond donors (Lipinski definition) is 3. The second-order valence-electron chi connectivity index (χ2n) is 21.8. The number of carbonyl (C=O) groups is 1. The van der Waals surface area contributed by atoms with E-state index in [1.165, 1.54) is 103 Å². The van der Waals surface area contributed by atoms with Gasteiger partial charge in [0.1, 0.15) is 27.9 Å². The lowest BCUT2D eigenvalue weighted by molar-refractivity contribution is 0.0702. The van der Waals surface area contributed by atoms with Crippen LogP contribution in [0.15, 0.2) is 78.9 Å². The zero-order valence-electron chi connectivity index (χ0n) is 49.4. The molecule has 6 aromatic rings. The maximum Gasteiger partial charge on any atom is 0.345 e. The van der Waals surface area contributed by atoms with Crippen LogP contribution in [0.4, 0.5) is 0 Å². The first-order valence-electron chi connectivity index (χ1n) is 31.1. The lowest BCUT2D eigenvalue weighted by Crippen LogP contribution is -2.04. The number of thiophene rings is 1. The van der Waals surface area contributed by atoms with E-state index >= 15 is 0 Å². The smallest absolute Gasteiger partial charge is 0.345 e. The summed E-state index contributed by atoms with van der Waals surface area (Å²) in [7, 11) is 0. The summed E-state index contributed by atoms with van der Waals surface area (Å²) < 4.78 is 27.2. The van der Waals surface area contributed by atoms with Gasteiger partial charge in [0.2, 0.25) is 0 Å². The summed E-state index contributed by atoms with van der Waals surface area (Å²) in [6.45, 7) is 11.3. The van der Waals surface area contributed by atoms with E-state index in [4.69, 9.17) is 28.9 Å². The van der Waals surface area contributed by atoms with Crippen LogP contribution in [-0.2, 0) is 0 Å². The van der Waals surface area contributed by atoms with Crippen molar-refractivity contribution >= 4 is 63.7 Å². The Hall–Kier alpha value is -7.03. The van der Waals surface area contributed by atoms with Crippen molar-refractivity contribution in [2.24, 2.45) is 0 Å². The SMILES string of the molecule is CCCCCCCCOc1cccc(OCCCCCCCC)c1-c1c2nc(c(C#Cc3ccc(C(=O)O)s3)c3ccc([nH]3)c(-c3c(OCCCCCCCC)cccc3OCCCCCCCC)c3nc(cc4ccc1[nH]4)C=C3)C=C2. The Labute approximate surface area is 492 Å². The van der Waals surface area contributed by atoms with E-state index in [9.17, 15) is 9.90 Å². The highest BCUT2D eigenvalue weighted by Crippen LogP contribution is 2.45. The Morgan fingerprint density at radius 2 is 0.878 bits per heavy atom. The standard InChI is InChI=1S/C71H88N4O6S/c1-5-9-13-17-21-25-47-78-62-31-29-32-63(79-48-26-22-18-14-10-6-2)69(62)67-58-40-35-52(72-58)51-53-36-41-59(73-53)68(61-45-43-57(75-61)55(56-42-44-60(67)74-56)39-37-54-38-46-66(82-54)71(76)77)70-64(80-49-27-23-19-15-11-7-3)33-30-34-65(70)81-50-28-24-20-16-12-8-4/h29-36,38,40-46,51,72,75H,5-28,47-50H2,1-4H3,(H,76,77). The third-order valence-electron chi connectivity index (χ3n) is 15.2. The molecule has 0 saturated heterocycles. The van der Waals surface area contributed by atoms with Gasteiger partial charge in [0.15, 0.2) is 0 Å². The molecule has 0 saturated carbocycles. The maximum atomic E-state index is 12.1. The number of nitrogens with one attached hydrogen (secondary N) is 2. The normalized spacial score (nSPS) is 11.7. The van der Waals surface area contributed by atoms with Crippen LogP contribution in [0.5, 0.6) is 23.0 Å². The number of fused-ring (bicyclic) bond motifs is 8. The predicted molar refractivity (Wildman–Crippen MR) is 342 cm³/mol. The van der Waals surface area contributed by atoms with Gasteiger partial charge in [0.25, 0.3) is 0 Å². The fraction of sp³-hybridized carbons (Fsp3) is 0.451. The second kappa shape index (κ2) is 33.2. The minimum Gasteiger partial charge on any atom is -0.493 e. The van der Waals surface area contributed by atoms with Crippen LogP contribution in [-0.4, -0.2) is 57.4 Å². The van der Waals surface area contributed by atoms with Crippen LogP contribution < -0.4 is 18.9 Å². The van der Waals surface area contributed by atoms with Gasteiger partial charge >= 0.3 is 5.97 Å². The van der Waals surface area contributed by atoms with Crippen LogP contribution in [0.25, 0.3) is 68.6 Å². The Morgan fingerprint density at radius 3 is 1.37 bits per heavy atom. The summed E-state index contributed by atoms with van der Waals surface area (Å²) in [6, 6.07) is 26.1. The molecule has 0 amide bonds. The molecule has 0 unspecified atom stereocenters. The van der Waals surface area contributed by atoms with Gasteiger partial charge in [-0.3, -0.25) is 0 Å². The molecular formula is C71H88N4O6S. The Balaban J connectivity index is 1.32. The molecule has 0 radical (unpaired) electrons. The zero-order chi connectivity index (χ0) is 57.1. The molecule has 8 bridgehead atoms. The summed E-state index contributed by atoms with van der Waals surface area (Å²) in [5.74, 6) is 8.81. The van der Waals surface area contributed by atoms with Crippen LogP contribution in [0, 0.1) is 11.8 Å². The van der Waals surface area contributed by atoms with Crippen molar-refractivity contribution in [2.45, 2.75) is 182 Å². The number of hydrogen-bond acceptors (Lipinski definition) is 8.